The maximum Gasteiger partial charge on any atom is 0.407 e. The normalized spacial score (nSPS) is 29.5. The number of alkyl carbamates (subject to hydrolysis) is 1. The molecule has 24 heavy (non-hydrogen) atoms. The number of hydrogen-bond acceptors (Lipinski definition) is 3. The average Bonchev–Trinajstić information content (AvgIpc) is 2.57. The number of rotatable bonds is 6. The molecule has 0 aliphatic heterocycles. The molecule has 2 fully saturated rings. The van der Waals surface area contributed by atoms with E-state index in [1.54, 1.807) is 0 Å². The van der Waals surface area contributed by atoms with Crippen LogP contribution in [0.4, 0.5) is 4.79 Å². The molecule has 132 valence electrons. The fraction of sp³-hybridized carbons (Fsp3) is 0.650. The lowest BCUT2D eigenvalue weighted by molar-refractivity contribution is 0.124. The molecule has 2 unspecified atom stereocenters. The number of hydrogen-bond donors (Lipinski definition) is 2. The third-order valence-electron chi connectivity index (χ3n) is 5.63. The van der Waals surface area contributed by atoms with Crippen molar-refractivity contribution in [3.05, 3.63) is 35.9 Å². The van der Waals surface area contributed by atoms with Gasteiger partial charge in [-0.3, -0.25) is 0 Å². The third-order valence-corrected chi connectivity index (χ3v) is 5.63. The second kappa shape index (κ2) is 8.52. The first-order valence-corrected chi connectivity index (χ1v) is 9.41. The first-order chi connectivity index (χ1) is 11.7. The van der Waals surface area contributed by atoms with Crippen molar-refractivity contribution in [2.75, 3.05) is 6.54 Å². The first-order valence-electron chi connectivity index (χ1n) is 9.41. The predicted molar refractivity (Wildman–Crippen MR) is 95.7 cm³/mol. The van der Waals surface area contributed by atoms with Crippen molar-refractivity contribution in [2.45, 2.75) is 64.1 Å². The lowest BCUT2D eigenvalue weighted by Crippen LogP contribution is -2.53. The number of carbonyl (C=O) groups is 1. The van der Waals surface area contributed by atoms with Crippen LogP contribution in [0.25, 0.3) is 0 Å². The summed E-state index contributed by atoms with van der Waals surface area (Å²) in [6.45, 7) is 3.86. The zero-order chi connectivity index (χ0) is 16.8. The Kier molecular flexibility index (Phi) is 6.13. The number of nitrogens with one attached hydrogen (secondary N) is 2. The van der Waals surface area contributed by atoms with Gasteiger partial charge < -0.3 is 15.4 Å². The van der Waals surface area contributed by atoms with Gasteiger partial charge in [0.15, 0.2) is 0 Å². The minimum Gasteiger partial charge on any atom is -0.445 e. The lowest BCUT2D eigenvalue weighted by atomic mass is 9.79. The van der Waals surface area contributed by atoms with E-state index >= 15 is 0 Å². The molecule has 0 bridgehead atoms. The molecular formula is C20H30N2O2. The molecule has 0 radical (unpaired) electrons. The molecule has 2 aliphatic carbocycles. The molecule has 0 aromatic heterocycles. The highest BCUT2D eigenvalue weighted by Crippen LogP contribution is 2.29. The smallest absolute Gasteiger partial charge is 0.407 e. The Hall–Kier alpha value is -1.55. The molecule has 4 nitrogen and oxygen atoms in total. The van der Waals surface area contributed by atoms with Gasteiger partial charge in [-0.2, -0.15) is 0 Å². The van der Waals surface area contributed by atoms with Gasteiger partial charge in [0, 0.05) is 12.1 Å². The van der Waals surface area contributed by atoms with E-state index in [9.17, 15) is 4.79 Å². The van der Waals surface area contributed by atoms with Crippen LogP contribution < -0.4 is 10.6 Å². The molecule has 2 N–H and O–H groups in total. The second-order valence-electron chi connectivity index (χ2n) is 7.50. The third kappa shape index (κ3) is 4.97. The molecule has 2 atom stereocenters. The Morgan fingerprint density at radius 1 is 1.12 bits per heavy atom. The van der Waals surface area contributed by atoms with E-state index in [0.29, 0.717) is 12.6 Å². The fourth-order valence-electron chi connectivity index (χ4n) is 3.85. The van der Waals surface area contributed by atoms with Crippen molar-refractivity contribution < 1.29 is 9.53 Å². The number of carbonyl (C=O) groups excluding carboxylic acids is 1. The van der Waals surface area contributed by atoms with Gasteiger partial charge in [0.05, 0.1) is 0 Å². The van der Waals surface area contributed by atoms with Crippen molar-refractivity contribution in [3.63, 3.8) is 0 Å². The molecule has 2 aliphatic rings. The molecule has 0 heterocycles. The molecule has 1 amide bonds. The van der Waals surface area contributed by atoms with Gasteiger partial charge in [0.2, 0.25) is 0 Å². The number of amides is 1. The standard InChI is InChI=1S/C20H30N2O2/c1-15-7-5-6-10-17(15)13-21-18-11-19(12-18)22-20(23)24-14-16-8-3-2-4-9-16/h2-4,8-9,15,17-19,21H,5-7,10-14H2,1H3,(H,22,23). The lowest BCUT2D eigenvalue weighted by Gasteiger charge is -2.38. The molecule has 1 aromatic rings. The summed E-state index contributed by atoms with van der Waals surface area (Å²) in [4.78, 5) is 11.8. The summed E-state index contributed by atoms with van der Waals surface area (Å²) in [5.41, 5.74) is 1.02. The van der Waals surface area contributed by atoms with Gasteiger partial charge in [0.25, 0.3) is 0 Å². The van der Waals surface area contributed by atoms with Gasteiger partial charge in [0.1, 0.15) is 6.61 Å². The van der Waals surface area contributed by atoms with Crippen molar-refractivity contribution in [1.82, 2.24) is 10.6 Å². The number of benzene rings is 1. The molecule has 1 aromatic carbocycles. The largest absolute Gasteiger partial charge is 0.445 e. The van der Waals surface area contributed by atoms with E-state index in [1.807, 2.05) is 30.3 Å². The Morgan fingerprint density at radius 2 is 1.88 bits per heavy atom. The zero-order valence-electron chi connectivity index (χ0n) is 14.7. The summed E-state index contributed by atoms with van der Waals surface area (Å²) in [7, 11) is 0. The molecular weight excluding hydrogens is 300 g/mol. The van der Waals surface area contributed by atoms with Crippen molar-refractivity contribution in [2.24, 2.45) is 11.8 Å². The van der Waals surface area contributed by atoms with Gasteiger partial charge >= 0.3 is 6.09 Å². The van der Waals surface area contributed by atoms with Crippen LogP contribution in [-0.2, 0) is 11.3 Å². The van der Waals surface area contributed by atoms with E-state index in [2.05, 4.69) is 17.6 Å². The van der Waals surface area contributed by atoms with Crippen LogP contribution in [-0.4, -0.2) is 24.7 Å². The Labute approximate surface area is 145 Å². The van der Waals surface area contributed by atoms with Crippen molar-refractivity contribution >= 4 is 6.09 Å². The van der Waals surface area contributed by atoms with Crippen LogP contribution in [0.2, 0.25) is 0 Å². The average molecular weight is 330 g/mol. The summed E-state index contributed by atoms with van der Waals surface area (Å²) in [6, 6.07) is 10.6. The summed E-state index contributed by atoms with van der Waals surface area (Å²) in [5, 5.41) is 6.65. The van der Waals surface area contributed by atoms with E-state index in [0.717, 1.165) is 36.8 Å². The minimum absolute atomic E-state index is 0.259. The van der Waals surface area contributed by atoms with E-state index < -0.39 is 0 Å². The van der Waals surface area contributed by atoms with Gasteiger partial charge in [-0.25, -0.2) is 4.79 Å². The van der Waals surface area contributed by atoms with Crippen molar-refractivity contribution in [3.8, 4) is 0 Å². The first kappa shape index (κ1) is 17.3. The highest BCUT2D eigenvalue weighted by Gasteiger charge is 2.31. The van der Waals surface area contributed by atoms with E-state index in [4.69, 9.17) is 4.74 Å². The summed E-state index contributed by atoms with van der Waals surface area (Å²) < 4.78 is 5.27. The maximum absolute atomic E-state index is 11.8. The van der Waals surface area contributed by atoms with Crippen LogP contribution in [0.15, 0.2) is 30.3 Å². The van der Waals surface area contributed by atoms with E-state index in [-0.39, 0.29) is 12.1 Å². The quantitative estimate of drug-likeness (QED) is 0.833. The number of ether oxygens (including phenoxy) is 1. The molecule has 0 saturated heterocycles. The SMILES string of the molecule is CC1CCCCC1CNC1CC(NC(=O)OCc2ccccc2)C1. The van der Waals surface area contributed by atoms with Crippen LogP contribution in [0.3, 0.4) is 0 Å². The Morgan fingerprint density at radius 3 is 2.62 bits per heavy atom. The molecule has 2 saturated carbocycles. The fourth-order valence-corrected chi connectivity index (χ4v) is 3.85. The van der Waals surface area contributed by atoms with Gasteiger partial charge in [-0.1, -0.05) is 56.5 Å². The Balaban J connectivity index is 1.27. The topological polar surface area (TPSA) is 50.4 Å². The summed E-state index contributed by atoms with van der Waals surface area (Å²) >= 11 is 0. The zero-order valence-corrected chi connectivity index (χ0v) is 14.7. The van der Waals surface area contributed by atoms with Crippen LogP contribution >= 0.6 is 0 Å². The highest BCUT2D eigenvalue weighted by atomic mass is 16.5. The molecule has 4 heteroatoms. The van der Waals surface area contributed by atoms with E-state index in [1.165, 1.54) is 25.7 Å². The highest BCUT2D eigenvalue weighted by molar-refractivity contribution is 5.67. The minimum atomic E-state index is -0.303. The summed E-state index contributed by atoms with van der Waals surface area (Å²) in [6.07, 6.45) is 7.27. The molecule has 0 spiro atoms. The molecule has 3 rings (SSSR count). The van der Waals surface area contributed by atoms with Gasteiger partial charge in [-0.15, -0.1) is 0 Å². The second-order valence-corrected chi connectivity index (χ2v) is 7.50. The van der Waals surface area contributed by atoms with Gasteiger partial charge in [-0.05, 0) is 43.2 Å². The predicted octanol–water partition coefficient (Wildman–Crippen LogP) is 3.86. The Bertz CT molecular complexity index is 514. The van der Waals surface area contributed by atoms with Crippen LogP contribution in [0.1, 0.15) is 51.0 Å². The summed E-state index contributed by atoms with van der Waals surface area (Å²) in [5.74, 6) is 1.69. The van der Waals surface area contributed by atoms with Crippen LogP contribution in [0, 0.1) is 11.8 Å². The maximum atomic E-state index is 11.8. The van der Waals surface area contributed by atoms with Crippen molar-refractivity contribution in [1.29, 1.82) is 0 Å². The van der Waals surface area contributed by atoms with Crippen LogP contribution in [0.5, 0.6) is 0 Å². The monoisotopic (exact) mass is 330 g/mol.